The highest BCUT2D eigenvalue weighted by Gasteiger charge is 2.27. The molecule has 172 valence electrons. The number of carbonyl (C=O) groups excluding carboxylic acids is 2. The number of amides is 2. The van der Waals surface area contributed by atoms with E-state index >= 15 is 0 Å². The Hall–Kier alpha value is -1.66. The second-order valence-electron chi connectivity index (χ2n) is 10.5. The zero-order valence-corrected chi connectivity index (χ0v) is 22.9. The van der Waals surface area contributed by atoms with Crippen LogP contribution in [0.2, 0.25) is 0 Å². The van der Waals surface area contributed by atoms with E-state index in [1.807, 2.05) is 46.2 Å². The maximum atomic E-state index is 13.0. The second-order valence-corrected chi connectivity index (χ2v) is 12.2. The highest BCUT2D eigenvalue weighted by atomic mass is 79.9. The summed E-state index contributed by atoms with van der Waals surface area (Å²) in [6.07, 6.45) is 0. The molecule has 2 aromatic rings. The average Bonchev–Trinajstić information content (AvgIpc) is 2.70. The van der Waals surface area contributed by atoms with Gasteiger partial charge in [-0.05, 0) is 46.2 Å². The van der Waals surface area contributed by atoms with Crippen LogP contribution in [0.15, 0.2) is 45.3 Å². The van der Waals surface area contributed by atoms with Crippen molar-refractivity contribution < 1.29 is 9.59 Å². The first-order chi connectivity index (χ1) is 14.8. The van der Waals surface area contributed by atoms with Crippen molar-refractivity contribution in [1.82, 2.24) is 9.80 Å². The number of carbonyl (C=O) groups is 2. The smallest absolute Gasteiger partial charge is 0.254 e. The molecule has 0 bridgehead atoms. The molecule has 0 aromatic heterocycles. The minimum absolute atomic E-state index is 0.00642. The molecule has 1 aliphatic rings. The second kappa shape index (κ2) is 9.30. The largest absolute Gasteiger partial charge is 0.335 e. The third-order valence-electron chi connectivity index (χ3n) is 5.90. The Kier molecular flexibility index (Phi) is 7.26. The summed E-state index contributed by atoms with van der Waals surface area (Å²) in [5, 5.41) is 0. The molecule has 1 heterocycles. The molecule has 0 atom stereocenters. The highest BCUT2D eigenvalue weighted by molar-refractivity contribution is 9.10. The van der Waals surface area contributed by atoms with E-state index in [1.54, 1.807) is 0 Å². The van der Waals surface area contributed by atoms with Gasteiger partial charge in [-0.3, -0.25) is 9.59 Å². The highest BCUT2D eigenvalue weighted by Crippen LogP contribution is 2.32. The van der Waals surface area contributed by atoms with Crippen LogP contribution in [0, 0.1) is 0 Å². The lowest BCUT2D eigenvalue weighted by atomic mass is 9.86. The number of benzene rings is 2. The Morgan fingerprint density at radius 2 is 0.969 bits per heavy atom. The predicted molar refractivity (Wildman–Crippen MR) is 137 cm³/mol. The van der Waals surface area contributed by atoms with E-state index in [2.05, 4.69) is 73.4 Å². The zero-order chi connectivity index (χ0) is 23.8. The molecule has 0 spiro atoms. The third kappa shape index (κ3) is 5.45. The van der Waals surface area contributed by atoms with Gasteiger partial charge in [-0.1, -0.05) is 85.5 Å². The molecule has 0 radical (unpaired) electrons. The number of hydrogen-bond acceptors (Lipinski definition) is 2. The lowest BCUT2D eigenvalue weighted by Crippen LogP contribution is -2.50. The van der Waals surface area contributed by atoms with E-state index in [9.17, 15) is 9.59 Å². The first kappa shape index (κ1) is 25.0. The van der Waals surface area contributed by atoms with Gasteiger partial charge in [-0.2, -0.15) is 0 Å². The SMILES string of the molecule is CC(C)(C)c1ccc(C(=O)N2CCN(C(=O)c3ccc(C(C)(C)C)c(Br)c3)CC2)cc1Br. The number of halogens is 2. The van der Waals surface area contributed by atoms with Gasteiger partial charge in [0.2, 0.25) is 0 Å². The van der Waals surface area contributed by atoms with Gasteiger partial charge in [0.05, 0.1) is 0 Å². The molecule has 1 aliphatic heterocycles. The summed E-state index contributed by atoms with van der Waals surface area (Å²) in [4.78, 5) is 29.7. The van der Waals surface area contributed by atoms with Crippen molar-refractivity contribution in [3.05, 3.63) is 67.6 Å². The summed E-state index contributed by atoms with van der Waals surface area (Å²) < 4.78 is 1.91. The number of piperazine rings is 1. The molecule has 0 aliphatic carbocycles. The Labute approximate surface area is 208 Å². The predicted octanol–water partition coefficient (Wildman–Crippen LogP) is 6.40. The van der Waals surface area contributed by atoms with E-state index in [-0.39, 0.29) is 22.6 Å². The zero-order valence-electron chi connectivity index (χ0n) is 19.8. The lowest BCUT2D eigenvalue weighted by Gasteiger charge is -2.35. The molecule has 2 amide bonds. The summed E-state index contributed by atoms with van der Waals surface area (Å²) in [7, 11) is 0. The average molecular weight is 564 g/mol. The van der Waals surface area contributed by atoms with E-state index in [1.165, 1.54) is 11.1 Å². The maximum Gasteiger partial charge on any atom is 0.254 e. The first-order valence-electron chi connectivity index (χ1n) is 11.0. The van der Waals surface area contributed by atoms with Crippen LogP contribution in [-0.4, -0.2) is 47.8 Å². The van der Waals surface area contributed by atoms with E-state index < -0.39 is 0 Å². The van der Waals surface area contributed by atoms with Crippen LogP contribution in [0.25, 0.3) is 0 Å². The minimum atomic E-state index is 0.00642. The van der Waals surface area contributed by atoms with E-state index in [4.69, 9.17) is 0 Å². The van der Waals surface area contributed by atoms with Gasteiger partial charge < -0.3 is 9.80 Å². The molecule has 4 nitrogen and oxygen atoms in total. The fourth-order valence-corrected chi connectivity index (χ4v) is 5.94. The Bertz CT molecular complexity index is 944. The van der Waals surface area contributed by atoms with Crippen LogP contribution >= 0.6 is 31.9 Å². The fraction of sp³-hybridized carbons (Fsp3) is 0.462. The summed E-state index contributed by atoms with van der Waals surface area (Å²) in [6, 6.07) is 11.7. The van der Waals surface area contributed by atoms with Crippen LogP contribution in [0.4, 0.5) is 0 Å². The molecule has 3 rings (SSSR count). The van der Waals surface area contributed by atoms with Crippen molar-refractivity contribution in [2.75, 3.05) is 26.2 Å². The summed E-state index contributed by atoms with van der Waals surface area (Å²) in [5.41, 5.74) is 3.71. The molecule has 0 N–H and O–H groups in total. The van der Waals surface area contributed by atoms with Crippen LogP contribution in [0.5, 0.6) is 0 Å². The summed E-state index contributed by atoms with van der Waals surface area (Å²) >= 11 is 7.25. The van der Waals surface area contributed by atoms with Gasteiger partial charge in [0.25, 0.3) is 11.8 Å². The van der Waals surface area contributed by atoms with Crippen LogP contribution in [0.1, 0.15) is 73.4 Å². The summed E-state index contributed by atoms with van der Waals surface area (Å²) in [6.45, 7) is 15.0. The van der Waals surface area contributed by atoms with Crippen LogP contribution in [-0.2, 0) is 10.8 Å². The quantitative estimate of drug-likeness (QED) is 0.424. The molecular formula is C26H32Br2N2O2. The van der Waals surface area contributed by atoms with Gasteiger partial charge in [0.1, 0.15) is 0 Å². The van der Waals surface area contributed by atoms with Gasteiger partial charge in [-0.15, -0.1) is 0 Å². The number of hydrogen-bond donors (Lipinski definition) is 0. The molecule has 1 saturated heterocycles. The first-order valence-corrected chi connectivity index (χ1v) is 12.6. The maximum absolute atomic E-state index is 13.0. The van der Waals surface area contributed by atoms with E-state index in [0.29, 0.717) is 37.3 Å². The molecular weight excluding hydrogens is 532 g/mol. The number of rotatable bonds is 2. The topological polar surface area (TPSA) is 40.6 Å². The van der Waals surface area contributed by atoms with Crippen LogP contribution < -0.4 is 0 Å². The fourth-order valence-electron chi connectivity index (χ4n) is 3.99. The van der Waals surface area contributed by atoms with E-state index in [0.717, 1.165) is 8.95 Å². The van der Waals surface area contributed by atoms with Crippen molar-refractivity contribution in [3.63, 3.8) is 0 Å². The Balaban J connectivity index is 1.66. The van der Waals surface area contributed by atoms with Crippen molar-refractivity contribution in [2.45, 2.75) is 52.4 Å². The molecule has 32 heavy (non-hydrogen) atoms. The number of nitrogens with zero attached hydrogens (tertiary/aromatic N) is 2. The van der Waals surface area contributed by atoms with Gasteiger partial charge in [0.15, 0.2) is 0 Å². The molecule has 0 unspecified atom stereocenters. The summed E-state index contributed by atoms with van der Waals surface area (Å²) in [5.74, 6) is 0.0195. The van der Waals surface area contributed by atoms with Crippen molar-refractivity contribution in [3.8, 4) is 0 Å². The monoisotopic (exact) mass is 562 g/mol. The molecule has 0 saturated carbocycles. The Morgan fingerprint density at radius 3 is 1.22 bits per heavy atom. The minimum Gasteiger partial charge on any atom is -0.335 e. The van der Waals surface area contributed by atoms with Crippen molar-refractivity contribution >= 4 is 43.7 Å². The lowest BCUT2D eigenvalue weighted by molar-refractivity contribution is 0.0535. The Morgan fingerprint density at radius 1 is 0.656 bits per heavy atom. The third-order valence-corrected chi connectivity index (χ3v) is 7.21. The van der Waals surface area contributed by atoms with Crippen molar-refractivity contribution in [2.24, 2.45) is 0 Å². The van der Waals surface area contributed by atoms with Crippen molar-refractivity contribution in [1.29, 1.82) is 0 Å². The normalized spacial score (nSPS) is 15.1. The molecule has 2 aromatic carbocycles. The van der Waals surface area contributed by atoms with Gasteiger partial charge >= 0.3 is 0 Å². The van der Waals surface area contributed by atoms with Gasteiger partial charge in [-0.25, -0.2) is 0 Å². The molecule has 6 heteroatoms. The van der Waals surface area contributed by atoms with Gasteiger partial charge in [0, 0.05) is 46.3 Å². The van der Waals surface area contributed by atoms with Crippen LogP contribution in [0.3, 0.4) is 0 Å². The molecule has 1 fully saturated rings. The standard InChI is InChI=1S/C26H32Br2N2O2/c1-25(2,3)19-9-7-17(15-21(19)27)23(31)29-11-13-30(14-12-29)24(32)18-8-10-20(22(28)16-18)26(4,5)6/h7-10,15-16H,11-14H2,1-6H3.